The van der Waals surface area contributed by atoms with Crippen molar-refractivity contribution in [2.75, 3.05) is 0 Å². The highest BCUT2D eigenvalue weighted by Crippen LogP contribution is 2.49. The van der Waals surface area contributed by atoms with Gasteiger partial charge in [-0.15, -0.1) is 0 Å². The van der Waals surface area contributed by atoms with Crippen LogP contribution in [0.15, 0.2) is 0 Å². The van der Waals surface area contributed by atoms with Gasteiger partial charge in [0.05, 0.1) is 5.41 Å². The van der Waals surface area contributed by atoms with Crippen molar-refractivity contribution in [1.29, 1.82) is 0 Å². The van der Waals surface area contributed by atoms with Crippen LogP contribution < -0.4 is 5.73 Å². The fourth-order valence-electron chi connectivity index (χ4n) is 3.38. The van der Waals surface area contributed by atoms with Crippen molar-refractivity contribution in [2.24, 2.45) is 16.6 Å². The SMILES string of the molecule is CC1(C)C[C@@](C)(N)C[C@](C)(C(=O)O)C1. The maximum Gasteiger partial charge on any atom is 0.309 e. The van der Waals surface area contributed by atoms with E-state index in [4.69, 9.17) is 5.73 Å². The molecule has 0 spiro atoms. The highest BCUT2D eigenvalue weighted by molar-refractivity contribution is 5.74. The average Bonchev–Trinajstić information content (AvgIpc) is 1.76. The average molecular weight is 199 g/mol. The lowest BCUT2D eigenvalue weighted by atomic mass is 9.58. The van der Waals surface area contributed by atoms with E-state index in [0.29, 0.717) is 12.8 Å². The molecule has 3 N–H and O–H groups in total. The molecule has 0 heterocycles. The predicted molar refractivity (Wildman–Crippen MR) is 56.0 cm³/mol. The van der Waals surface area contributed by atoms with Crippen LogP contribution >= 0.6 is 0 Å². The van der Waals surface area contributed by atoms with E-state index in [9.17, 15) is 9.90 Å². The number of hydrogen-bond donors (Lipinski definition) is 2. The molecule has 0 unspecified atom stereocenters. The number of nitrogens with two attached hydrogens (primary N) is 1. The molecule has 0 radical (unpaired) electrons. The molecular weight excluding hydrogens is 178 g/mol. The summed E-state index contributed by atoms with van der Waals surface area (Å²) in [5, 5.41) is 9.21. The second kappa shape index (κ2) is 2.96. The van der Waals surface area contributed by atoms with Crippen molar-refractivity contribution in [1.82, 2.24) is 0 Å². The Kier molecular flexibility index (Phi) is 2.43. The van der Waals surface area contributed by atoms with Gasteiger partial charge in [-0.2, -0.15) is 0 Å². The minimum atomic E-state index is -0.720. The van der Waals surface area contributed by atoms with Gasteiger partial charge in [0, 0.05) is 5.54 Å². The first-order valence-corrected chi connectivity index (χ1v) is 5.09. The predicted octanol–water partition coefficient (Wildman–Crippen LogP) is 2.00. The highest BCUT2D eigenvalue weighted by atomic mass is 16.4. The number of aliphatic carboxylic acids is 1. The van der Waals surface area contributed by atoms with E-state index in [2.05, 4.69) is 13.8 Å². The first-order chi connectivity index (χ1) is 6.06. The lowest BCUT2D eigenvalue weighted by Crippen LogP contribution is -2.53. The fraction of sp³-hybridized carbons (Fsp3) is 0.909. The molecule has 0 aromatic heterocycles. The van der Waals surface area contributed by atoms with Crippen molar-refractivity contribution in [2.45, 2.75) is 52.5 Å². The van der Waals surface area contributed by atoms with Crippen molar-refractivity contribution in [3.8, 4) is 0 Å². The molecular formula is C11H21NO2. The number of carboxylic acid groups (broad SMARTS) is 1. The Morgan fingerprint density at radius 3 is 2.00 bits per heavy atom. The zero-order valence-electron chi connectivity index (χ0n) is 9.55. The minimum absolute atomic E-state index is 0.0227. The Morgan fingerprint density at radius 2 is 1.64 bits per heavy atom. The summed E-state index contributed by atoms with van der Waals surface area (Å²) < 4.78 is 0. The van der Waals surface area contributed by atoms with Crippen LogP contribution in [0.4, 0.5) is 0 Å². The second-order valence-electron chi connectivity index (χ2n) is 6.21. The molecule has 3 heteroatoms. The Bertz CT molecular complexity index is 240. The van der Waals surface area contributed by atoms with Gasteiger partial charge in [0.25, 0.3) is 0 Å². The van der Waals surface area contributed by atoms with Crippen LogP contribution in [0.3, 0.4) is 0 Å². The Labute approximate surface area is 85.7 Å². The second-order valence-corrected chi connectivity index (χ2v) is 6.21. The quantitative estimate of drug-likeness (QED) is 0.679. The van der Waals surface area contributed by atoms with Gasteiger partial charge in [0.2, 0.25) is 0 Å². The molecule has 0 aliphatic heterocycles. The molecule has 0 aromatic carbocycles. The number of hydrogen-bond acceptors (Lipinski definition) is 2. The Balaban J connectivity index is 2.97. The molecule has 0 amide bonds. The van der Waals surface area contributed by atoms with E-state index in [1.54, 1.807) is 6.92 Å². The van der Waals surface area contributed by atoms with E-state index in [-0.39, 0.29) is 11.0 Å². The third-order valence-electron chi connectivity index (χ3n) is 3.06. The van der Waals surface area contributed by atoms with Gasteiger partial charge < -0.3 is 10.8 Å². The van der Waals surface area contributed by atoms with Crippen LogP contribution in [0.5, 0.6) is 0 Å². The van der Waals surface area contributed by atoms with Crippen molar-refractivity contribution >= 4 is 5.97 Å². The molecule has 1 saturated carbocycles. The number of carbonyl (C=O) groups is 1. The van der Waals surface area contributed by atoms with E-state index in [0.717, 1.165) is 6.42 Å². The van der Waals surface area contributed by atoms with Crippen LogP contribution in [-0.4, -0.2) is 16.6 Å². The first kappa shape index (κ1) is 11.5. The summed E-state index contributed by atoms with van der Waals surface area (Å²) in [7, 11) is 0. The Morgan fingerprint density at radius 1 is 1.14 bits per heavy atom. The Hall–Kier alpha value is -0.570. The van der Waals surface area contributed by atoms with Gasteiger partial charge >= 0.3 is 5.97 Å². The molecule has 2 atom stereocenters. The molecule has 14 heavy (non-hydrogen) atoms. The summed E-state index contributed by atoms with van der Waals surface area (Å²) in [5.74, 6) is -0.720. The van der Waals surface area contributed by atoms with Crippen LogP contribution in [0.1, 0.15) is 47.0 Å². The summed E-state index contributed by atoms with van der Waals surface area (Å²) >= 11 is 0. The number of carboxylic acids is 1. The molecule has 0 bridgehead atoms. The largest absolute Gasteiger partial charge is 0.481 e. The molecule has 1 aliphatic carbocycles. The van der Waals surface area contributed by atoms with E-state index < -0.39 is 11.4 Å². The zero-order chi connectivity index (χ0) is 11.2. The van der Waals surface area contributed by atoms with Crippen molar-refractivity contribution in [3.05, 3.63) is 0 Å². The van der Waals surface area contributed by atoms with Crippen LogP contribution in [0.25, 0.3) is 0 Å². The van der Waals surface area contributed by atoms with Gasteiger partial charge in [0.1, 0.15) is 0 Å². The lowest BCUT2D eigenvalue weighted by Gasteiger charge is -2.48. The smallest absolute Gasteiger partial charge is 0.309 e. The summed E-state index contributed by atoms with van der Waals surface area (Å²) in [4.78, 5) is 11.2. The highest BCUT2D eigenvalue weighted by Gasteiger charge is 2.49. The fourth-order valence-corrected chi connectivity index (χ4v) is 3.38. The van der Waals surface area contributed by atoms with Gasteiger partial charge in [-0.05, 0) is 38.5 Å². The third kappa shape index (κ3) is 2.27. The summed E-state index contributed by atoms with van der Waals surface area (Å²) in [6.07, 6.45) is 2.17. The van der Waals surface area contributed by atoms with E-state index >= 15 is 0 Å². The first-order valence-electron chi connectivity index (χ1n) is 5.09. The topological polar surface area (TPSA) is 63.3 Å². The lowest BCUT2D eigenvalue weighted by molar-refractivity contribution is -0.154. The van der Waals surface area contributed by atoms with Crippen LogP contribution in [0, 0.1) is 10.8 Å². The minimum Gasteiger partial charge on any atom is -0.481 e. The van der Waals surface area contributed by atoms with Gasteiger partial charge in [0.15, 0.2) is 0 Å². The van der Waals surface area contributed by atoms with Gasteiger partial charge in [-0.1, -0.05) is 13.8 Å². The monoisotopic (exact) mass is 199 g/mol. The summed E-state index contributed by atoms with van der Waals surface area (Å²) in [6, 6.07) is 0. The molecule has 3 nitrogen and oxygen atoms in total. The van der Waals surface area contributed by atoms with E-state index in [1.165, 1.54) is 0 Å². The molecule has 1 fully saturated rings. The third-order valence-corrected chi connectivity index (χ3v) is 3.06. The van der Waals surface area contributed by atoms with Crippen molar-refractivity contribution in [3.63, 3.8) is 0 Å². The standard InChI is InChI=1S/C11H21NO2/c1-9(2)5-10(3,8(13)14)7-11(4,12)6-9/h5-7,12H2,1-4H3,(H,13,14)/t10-,11-/m1/s1. The van der Waals surface area contributed by atoms with Gasteiger partial charge in [-0.3, -0.25) is 4.79 Å². The summed E-state index contributed by atoms with van der Waals surface area (Å²) in [5.41, 5.74) is 5.11. The maximum absolute atomic E-state index is 11.2. The molecule has 0 aromatic rings. The van der Waals surface area contributed by atoms with Crippen LogP contribution in [-0.2, 0) is 4.79 Å². The molecule has 1 aliphatic rings. The maximum atomic E-state index is 11.2. The normalized spacial score (nSPS) is 42.1. The molecule has 1 rings (SSSR count). The zero-order valence-corrected chi connectivity index (χ0v) is 9.55. The van der Waals surface area contributed by atoms with Gasteiger partial charge in [-0.25, -0.2) is 0 Å². The molecule has 82 valence electrons. The van der Waals surface area contributed by atoms with Crippen LogP contribution in [0.2, 0.25) is 0 Å². The summed E-state index contributed by atoms with van der Waals surface area (Å²) in [6.45, 7) is 7.95. The molecule has 0 saturated heterocycles. The van der Waals surface area contributed by atoms with Crippen molar-refractivity contribution < 1.29 is 9.90 Å². The van der Waals surface area contributed by atoms with E-state index in [1.807, 2.05) is 6.92 Å². The number of rotatable bonds is 1.